The minimum atomic E-state index is -0.345. The van der Waals surface area contributed by atoms with Crippen LogP contribution in [0.5, 0.6) is 0 Å². The highest BCUT2D eigenvalue weighted by Crippen LogP contribution is 2.18. The fourth-order valence-electron chi connectivity index (χ4n) is 3.41. The number of imidazole rings is 1. The highest BCUT2D eigenvalue weighted by molar-refractivity contribution is 6.05. The summed E-state index contributed by atoms with van der Waals surface area (Å²) in [7, 11) is 0. The molecule has 162 valence electrons. The predicted molar refractivity (Wildman–Crippen MR) is 123 cm³/mol. The Morgan fingerprint density at radius 3 is 2.47 bits per heavy atom. The molecule has 0 fully saturated rings. The van der Waals surface area contributed by atoms with Crippen molar-refractivity contribution in [2.45, 2.75) is 26.3 Å². The summed E-state index contributed by atoms with van der Waals surface area (Å²) in [5, 5.41) is 5.66. The lowest BCUT2D eigenvalue weighted by atomic mass is 10.1. The van der Waals surface area contributed by atoms with Crippen LogP contribution in [0, 0.1) is 0 Å². The minimum absolute atomic E-state index is 0.225. The molecule has 0 atom stereocenters. The molecular formula is C25H24N4O3. The van der Waals surface area contributed by atoms with Crippen molar-refractivity contribution in [3.63, 3.8) is 0 Å². The van der Waals surface area contributed by atoms with Gasteiger partial charge in [-0.15, -0.1) is 0 Å². The molecule has 4 rings (SSSR count). The molecule has 0 aliphatic heterocycles. The summed E-state index contributed by atoms with van der Waals surface area (Å²) < 4.78 is 7.19. The molecule has 0 spiro atoms. The molecule has 2 N–H and O–H groups in total. The van der Waals surface area contributed by atoms with Crippen molar-refractivity contribution in [3.05, 3.63) is 102 Å². The molecule has 2 heterocycles. The average molecular weight is 428 g/mol. The van der Waals surface area contributed by atoms with Crippen LogP contribution >= 0.6 is 0 Å². The summed E-state index contributed by atoms with van der Waals surface area (Å²) in [4.78, 5) is 29.2. The molecule has 4 aromatic rings. The van der Waals surface area contributed by atoms with E-state index in [0.29, 0.717) is 29.4 Å². The number of hydrogen-bond donors (Lipinski definition) is 2. The molecule has 0 aliphatic carbocycles. The number of furan rings is 1. The molecule has 0 saturated heterocycles. The second-order valence-corrected chi connectivity index (χ2v) is 7.73. The van der Waals surface area contributed by atoms with E-state index >= 15 is 0 Å². The van der Waals surface area contributed by atoms with Crippen molar-refractivity contribution < 1.29 is 14.0 Å². The van der Waals surface area contributed by atoms with Crippen LogP contribution in [-0.2, 0) is 6.54 Å². The highest BCUT2D eigenvalue weighted by Gasteiger charge is 2.11. The number of nitrogens with one attached hydrogen (secondary N) is 2. The fourth-order valence-corrected chi connectivity index (χ4v) is 3.41. The van der Waals surface area contributed by atoms with Gasteiger partial charge in [0.2, 0.25) is 0 Å². The van der Waals surface area contributed by atoms with Gasteiger partial charge < -0.3 is 19.6 Å². The van der Waals surface area contributed by atoms with Gasteiger partial charge in [-0.25, -0.2) is 4.98 Å². The summed E-state index contributed by atoms with van der Waals surface area (Å²) in [5.41, 5.74) is 2.85. The third-order valence-electron chi connectivity index (χ3n) is 4.95. The lowest BCUT2D eigenvalue weighted by Gasteiger charge is -2.12. The van der Waals surface area contributed by atoms with Crippen molar-refractivity contribution in [2.75, 3.05) is 10.6 Å². The zero-order chi connectivity index (χ0) is 22.5. The number of anilines is 2. The van der Waals surface area contributed by atoms with E-state index in [-0.39, 0.29) is 17.6 Å². The van der Waals surface area contributed by atoms with Gasteiger partial charge in [-0.3, -0.25) is 9.59 Å². The zero-order valence-electron chi connectivity index (χ0n) is 17.9. The Kier molecular flexibility index (Phi) is 6.17. The van der Waals surface area contributed by atoms with Crippen molar-refractivity contribution in [1.29, 1.82) is 0 Å². The summed E-state index contributed by atoms with van der Waals surface area (Å²) in [6, 6.07) is 17.7. The molecule has 0 saturated carbocycles. The largest absolute Gasteiger partial charge is 0.459 e. The summed E-state index contributed by atoms with van der Waals surface area (Å²) in [6.45, 7) is 4.91. The minimum Gasteiger partial charge on any atom is -0.459 e. The summed E-state index contributed by atoms with van der Waals surface area (Å²) >= 11 is 0. The van der Waals surface area contributed by atoms with E-state index in [4.69, 9.17) is 4.42 Å². The number of carbonyl (C=O) groups excluding carboxylic acids is 2. The molecule has 7 nitrogen and oxygen atoms in total. The SMILES string of the molecule is CC(C)c1nccn1Cc1cccc(NC(=O)c2ccc(NC(=O)c3ccco3)cc2)c1. The molecule has 0 aliphatic rings. The lowest BCUT2D eigenvalue weighted by Crippen LogP contribution is -2.13. The smallest absolute Gasteiger partial charge is 0.291 e. The molecule has 0 radical (unpaired) electrons. The van der Waals surface area contributed by atoms with Gasteiger partial charge in [-0.1, -0.05) is 26.0 Å². The standard InChI is InChI=1S/C25H24N4O3/c1-17(2)23-26-12-13-29(23)16-18-5-3-6-21(15-18)28-24(30)19-8-10-20(11-9-19)27-25(31)22-7-4-14-32-22/h3-15,17H,16H2,1-2H3,(H,27,31)(H,28,30). The quantitative estimate of drug-likeness (QED) is 0.426. The van der Waals surface area contributed by atoms with Crippen LogP contribution < -0.4 is 10.6 Å². The molecule has 0 bridgehead atoms. The maximum Gasteiger partial charge on any atom is 0.291 e. The van der Waals surface area contributed by atoms with Gasteiger partial charge in [-0.05, 0) is 54.1 Å². The number of nitrogens with zero attached hydrogens (tertiary/aromatic N) is 2. The van der Waals surface area contributed by atoms with Gasteiger partial charge in [0.25, 0.3) is 11.8 Å². The molecule has 0 unspecified atom stereocenters. The predicted octanol–water partition coefficient (Wildman–Crippen LogP) is 5.15. The lowest BCUT2D eigenvalue weighted by molar-refractivity contribution is 0.0995. The van der Waals surface area contributed by atoms with Crippen LogP contribution in [0.15, 0.2) is 83.7 Å². The normalized spacial score (nSPS) is 10.8. The summed E-state index contributed by atoms with van der Waals surface area (Å²) in [5.74, 6) is 1.01. The average Bonchev–Trinajstić information content (AvgIpc) is 3.47. The molecule has 2 aromatic heterocycles. The van der Waals surface area contributed by atoms with Gasteiger partial charge in [0.15, 0.2) is 5.76 Å². The third kappa shape index (κ3) is 4.95. The van der Waals surface area contributed by atoms with E-state index in [1.54, 1.807) is 36.4 Å². The first-order valence-corrected chi connectivity index (χ1v) is 10.4. The van der Waals surface area contributed by atoms with E-state index in [2.05, 4.69) is 34.0 Å². The zero-order valence-corrected chi connectivity index (χ0v) is 17.9. The molecular weight excluding hydrogens is 404 g/mol. The van der Waals surface area contributed by atoms with E-state index in [1.165, 1.54) is 6.26 Å². The summed E-state index contributed by atoms with van der Waals surface area (Å²) in [6.07, 6.45) is 5.21. The Morgan fingerprint density at radius 1 is 0.969 bits per heavy atom. The van der Waals surface area contributed by atoms with E-state index in [1.807, 2.05) is 36.7 Å². The van der Waals surface area contributed by atoms with Gasteiger partial charge in [0, 0.05) is 41.8 Å². The second-order valence-electron chi connectivity index (χ2n) is 7.73. The van der Waals surface area contributed by atoms with Crippen LogP contribution in [0.1, 0.15) is 52.1 Å². The van der Waals surface area contributed by atoms with Gasteiger partial charge in [0.1, 0.15) is 5.82 Å². The number of amides is 2. The Morgan fingerprint density at radius 2 is 1.75 bits per heavy atom. The van der Waals surface area contributed by atoms with Crippen LogP contribution in [-0.4, -0.2) is 21.4 Å². The molecule has 2 aromatic carbocycles. The van der Waals surface area contributed by atoms with E-state index in [9.17, 15) is 9.59 Å². The number of benzene rings is 2. The monoisotopic (exact) mass is 428 g/mol. The number of hydrogen-bond acceptors (Lipinski definition) is 4. The van der Waals surface area contributed by atoms with E-state index in [0.717, 1.165) is 11.4 Å². The first kappa shape index (κ1) is 21.1. The Bertz CT molecular complexity index is 1210. The Balaban J connectivity index is 1.40. The first-order chi connectivity index (χ1) is 15.5. The van der Waals surface area contributed by atoms with Gasteiger partial charge in [0.05, 0.1) is 6.26 Å². The van der Waals surface area contributed by atoms with Crippen molar-refractivity contribution in [1.82, 2.24) is 9.55 Å². The number of aromatic nitrogens is 2. The van der Waals surface area contributed by atoms with Crippen LogP contribution in [0.2, 0.25) is 0 Å². The third-order valence-corrected chi connectivity index (χ3v) is 4.95. The highest BCUT2D eigenvalue weighted by atomic mass is 16.3. The fraction of sp³-hybridized carbons (Fsp3) is 0.160. The van der Waals surface area contributed by atoms with E-state index < -0.39 is 0 Å². The Hall–Kier alpha value is -4.13. The maximum atomic E-state index is 12.7. The number of carbonyl (C=O) groups is 2. The molecule has 7 heteroatoms. The Labute approximate surface area is 186 Å². The van der Waals surface area contributed by atoms with Gasteiger partial charge >= 0.3 is 0 Å². The first-order valence-electron chi connectivity index (χ1n) is 10.4. The molecule has 32 heavy (non-hydrogen) atoms. The van der Waals surface area contributed by atoms with Crippen molar-refractivity contribution >= 4 is 23.2 Å². The van der Waals surface area contributed by atoms with Crippen LogP contribution in [0.25, 0.3) is 0 Å². The van der Waals surface area contributed by atoms with Gasteiger partial charge in [-0.2, -0.15) is 0 Å². The number of rotatable bonds is 7. The van der Waals surface area contributed by atoms with Crippen molar-refractivity contribution in [2.24, 2.45) is 0 Å². The molecule has 2 amide bonds. The van der Waals surface area contributed by atoms with Crippen molar-refractivity contribution in [3.8, 4) is 0 Å². The second kappa shape index (κ2) is 9.34. The van der Waals surface area contributed by atoms with Crippen LogP contribution in [0.3, 0.4) is 0 Å². The topological polar surface area (TPSA) is 89.2 Å². The maximum absolute atomic E-state index is 12.7. The van der Waals surface area contributed by atoms with Crippen LogP contribution in [0.4, 0.5) is 11.4 Å².